The fourth-order valence-corrected chi connectivity index (χ4v) is 1.56. The predicted molar refractivity (Wildman–Crippen MR) is 49.4 cm³/mol. The third kappa shape index (κ3) is 3.00. The SMILES string of the molecule is O=S(Cl)c1ccc(CN([O-])O)c(F)c1. The Bertz CT molecular complexity index is 361. The summed E-state index contributed by atoms with van der Waals surface area (Å²) < 4.78 is 23.8. The van der Waals surface area contributed by atoms with Crippen molar-refractivity contribution in [2.45, 2.75) is 11.4 Å². The maximum Gasteiger partial charge on any atom is 0.147 e. The van der Waals surface area contributed by atoms with E-state index in [1.54, 1.807) is 0 Å². The van der Waals surface area contributed by atoms with E-state index in [1.165, 1.54) is 12.1 Å². The highest BCUT2D eigenvalue weighted by Gasteiger charge is 2.06. The molecule has 0 saturated heterocycles. The highest BCUT2D eigenvalue weighted by molar-refractivity contribution is 8.08. The van der Waals surface area contributed by atoms with Crippen LogP contribution in [-0.4, -0.2) is 14.6 Å². The molecule has 4 nitrogen and oxygen atoms in total. The van der Waals surface area contributed by atoms with E-state index in [4.69, 9.17) is 15.9 Å². The van der Waals surface area contributed by atoms with Crippen LogP contribution >= 0.6 is 10.7 Å². The number of hydrogen-bond acceptors (Lipinski definition) is 4. The molecule has 0 radical (unpaired) electrons. The quantitative estimate of drug-likeness (QED) is 0.644. The first-order chi connectivity index (χ1) is 6.50. The summed E-state index contributed by atoms with van der Waals surface area (Å²) in [5, 5.41) is 18.1. The summed E-state index contributed by atoms with van der Waals surface area (Å²) in [5.41, 5.74) is 0.00775. The van der Waals surface area contributed by atoms with Crippen LogP contribution in [0.15, 0.2) is 23.1 Å². The molecule has 0 aromatic heterocycles. The van der Waals surface area contributed by atoms with Gasteiger partial charge in [-0.05, 0) is 22.8 Å². The lowest BCUT2D eigenvalue weighted by Crippen LogP contribution is -2.10. The van der Waals surface area contributed by atoms with Crippen LogP contribution in [0.2, 0.25) is 0 Å². The van der Waals surface area contributed by atoms with Crippen LogP contribution in [0.4, 0.5) is 4.39 Å². The van der Waals surface area contributed by atoms with Gasteiger partial charge in [0.15, 0.2) is 0 Å². The molecule has 1 atom stereocenters. The Labute approximate surface area is 86.4 Å². The van der Waals surface area contributed by atoms with Crippen LogP contribution in [0.25, 0.3) is 0 Å². The molecule has 0 aliphatic carbocycles. The smallest absolute Gasteiger partial charge is 0.147 e. The zero-order valence-electron chi connectivity index (χ0n) is 6.81. The van der Waals surface area contributed by atoms with Gasteiger partial charge in [0.2, 0.25) is 0 Å². The van der Waals surface area contributed by atoms with Crippen LogP contribution in [0.5, 0.6) is 0 Å². The molecule has 78 valence electrons. The van der Waals surface area contributed by atoms with Crippen molar-refractivity contribution < 1.29 is 13.8 Å². The van der Waals surface area contributed by atoms with Gasteiger partial charge in [-0.2, -0.15) is 0 Å². The summed E-state index contributed by atoms with van der Waals surface area (Å²) in [7, 11) is 3.44. The van der Waals surface area contributed by atoms with Gasteiger partial charge in [0.25, 0.3) is 0 Å². The second-order valence-corrected chi connectivity index (χ2v) is 4.25. The van der Waals surface area contributed by atoms with Crippen LogP contribution in [0.1, 0.15) is 5.56 Å². The molecule has 0 amide bonds. The maximum atomic E-state index is 13.1. The second-order valence-electron chi connectivity index (χ2n) is 2.49. The Hall–Kier alpha value is -0.530. The zero-order chi connectivity index (χ0) is 10.7. The molecule has 0 aliphatic heterocycles. The van der Waals surface area contributed by atoms with Crippen LogP contribution in [-0.2, 0) is 16.6 Å². The summed E-state index contributed by atoms with van der Waals surface area (Å²) in [6, 6.07) is 3.53. The summed E-state index contributed by atoms with van der Waals surface area (Å²) in [4.78, 5) is 0.114. The first kappa shape index (κ1) is 11.5. The molecule has 1 aromatic rings. The average molecular weight is 239 g/mol. The normalized spacial score (nSPS) is 13.2. The van der Waals surface area contributed by atoms with Crippen molar-refractivity contribution in [1.82, 2.24) is 5.23 Å². The monoisotopic (exact) mass is 238 g/mol. The minimum atomic E-state index is -1.78. The van der Waals surface area contributed by atoms with E-state index in [-0.39, 0.29) is 10.5 Å². The molecule has 1 aromatic carbocycles. The molecule has 1 N–H and O–H groups in total. The summed E-state index contributed by atoms with van der Waals surface area (Å²) in [6.45, 7) is -0.485. The van der Waals surface area contributed by atoms with Gasteiger partial charge < -0.3 is 10.4 Å². The Morgan fingerprint density at radius 1 is 1.64 bits per heavy atom. The second kappa shape index (κ2) is 4.81. The lowest BCUT2D eigenvalue weighted by atomic mass is 10.2. The lowest BCUT2D eigenvalue weighted by Gasteiger charge is -2.19. The molecular formula is C7H6ClFNO3S-. The van der Waals surface area contributed by atoms with Crippen LogP contribution in [0.3, 0.4) is 0 Å². The van der Waals surface area contributed by atoms with Crippen molar-refractivity contribution in [2.75, 3.05) is 0 Å². The predicted octanol–water partition coefficient (Wildman–Crippen LogP) is 1.78. The van der Waals surface area contributed by atoms with Crippen molar-refractivity contribution >= 4 is 20.7 Å². The van der Waals surface area contributed by atoms with Gasteiger partial charge >= 0.3 is 0 Å². The van der Waals surface area contributed by atoms with Crippen molar-refractivity contribution in [1.29, 1.82) is 0 Å². The molecule has 0 aliphatic rings. The zero-order valence-corrected chi connectivity index (χ0v) is 8.39. The van der Waals surface area contributed by atoms with Gasteiger partial charge in [0.05, 0.1) is 4.90 Å². The number of halogens is 2. The van der Waals surface area contributed by atoms with E-state index in [0.29, 0.717) is 0 Å². The Morgan fingerprint density at radius 2 is 2.29 bits per heavy atom. The first-order valence-electron chi connectivity index (χ1n) is 3.50. The number of benzene rings is 1. The van der Waals surface area contributed by atoms with Gasteiger partial charge in [0.1, 0.15) is 15.8 Å². The minimum absolute atomic E-state index is 0.00775. The molecule has 1 rings (SSSR count). The van der Waals surface area contributed by atoms with Gasteiger partial charge in [0, 0.05) is 12.1 Å². The molecule has 0 heterocycles. The Balaban J connectivity index is 2.95. The number of nitrogens with zero attached hydrogens (tertiary/aromatic N) is 1. The number of hydrogen-bond donors (Lipinski definition) is 1. The summed E-state index contributed by atoms with van der Waals surface area (Å²) in [5.74, 6) is -0.730. The first-order valence-corrected chi connectivity index (χ1v) is 5.48. The topological polar surface area (TPSA) is 63.6 Å². The molecule has 0 bridgehead atoms. The molecule has 0 saturated carbocycles. The Kier molecular flexibility index (Phi) is 3.97. The standard InChI is InChI=1S/C7H6ClFNO3S/c8-14(13)6-2-1-5(4-10(11)12)7(9)3-6/h1-3,11H,4H2/q-1. The van der Waals surface area contributed by atoms with E-state index in [1.807, 2.05) is 0 Å². The van der Waals surface area contributed by atoms with Gasteiger partial charge in [-0.15, -0.1) is 0 Å². The summed E-state index contributed by atoms with van der Waals surface area (Å²) >= 11 is 0. The molecule has 14 heavy (non-hydrogen) atoms. The van der Waals surface area contributed by atoms with Crippen molar-refractivity contribution in [3.05, 3.63) is 34.8 Å². The summed E-state index contributed by atoms with van der Waals surface area (Å²) in [6.07, 6.45) is 0. The molecule has 1 unspecified atom stereocenters. The van der Waals surface area contributed by atoms with Gasteiger partial charge in [-0.25, -0.2) is 8.60 Å². The fourth-order valence-electron chi connectivity index (χ4n) is 0.902. The largest absolute Gasteiger partial charge is 0.762 e. The Morgan fingerprint density at radius 3 is 2.71 bits per heavy atom. The lowest BCUT2D eigenvalue weighted by molar-refractivity contribution is -0.0495. The average Bonchev–Trinajstić information content (AvgIpc) is 2.07. The highest BCUT2D eigenvalue weighted by atomic mass is 35.7. The van der Waals surface area contributed by atoms with Crippen LogP contribution < -0.4 is 0 Å². The van der Waals surface area contributed by atoms with Crippen molar-refractivity contribution in [3.8, 4) is 0 Å². The van der Waals surface area contributed by atoms with Crippen molar-refractivity contribution in [2.24, 2.45) is 0 Å². The highest BCUT2D eigenvalue weighted by Crippen LogP contribution is 2.16. The van der Waals surface area contributed by atoms with E-state index in [2.05, 4.69) is 0 Å². The minimum Gasteiger partial charge on any atom is -0.762 e. The van der Waals surface area contributed by atoms with Crippen molar-refractivity contribution in [3.63, 3.8) is 0 Å². The maximum absolute atomic E-state index is 13.1. The number of hydroxylamine groups is 2. The van der Waals surface area contributed by atoms with E-state index >= 15 is 0 Å². The molecule has 7 heteroatoms. The van der Waals surface area contributed by atoms with Gasteiger partial charge in [-0.3, -0.25) is 5.23 Å². The molecular weight excluding hydrogens is 233 g/mol. The third-order valence-electron chi connectivity index (χ3n) is 1.52. The van der Waals surface area contributed by atoms with Gasteiger partial charge in [-0.1, -0.05) is 6.07 Å². The van der Waals surface area contributed by atoms with E-state index in [9.17, 15) is 13.8 Å². The van der Waals surface area contributed by atoms with E-state index < -0.39 is 27.6 Å². The molecule has 0 spiro atoms. The third-order valence-corrected chi connectivity index (χ3v) is 2.67. The molecule has 0 fully saturated rings. The van der Waals surface area contributed by atoms with E-state index in [0.717, 1.165) is 6.07 Å². The van der Waals surface area contributed by atoms with Crippen LogP contribution in [0, 0.1) is 11.0 Å². The number of rotatable bonds is 3. The fraction of sp³-hybridized carbons (Fsp3) is 0.143.